The highest BCUT2D eigenvalue weighted by Crippen LogP contribution is 2.12. The Hall–Kier alpha value is -0.710. The lowest BCUT2D eigenvalue weighted by Crippen LogP contribution is -2.21. The first-order valence-electron chi connectivity index (χ1n) is 4.99. The summed E-state index contributed by atoms with van der Waals surface area (Å²) < 4.78 is 0. The van der Waals surface area contributed by atoms with Crippen LogP contribution in [0.5, 0.6) is 0 Å². The van der Waals surface area contributed by atoms with Crippen molar-refractivity contribution >= 4 is 22.7 Å². The molecule has 2 heterocycles. The molecule has 1 N–H and O–H groups in total. The Labute approximate surface area is 98.0 Å². The summed E-state index contributed by atoms with van der Waals surface area (Å²) in [6.07, 6.45) is 1.10. The zero-order valence-electron chi connectivity index (χ0n) is 8.64. The molecule has 2 aromatic heterocycles. The Morgan fingerprint density at radius 3 is 3.00 bits per heavy atom. The standard InChI is InChI=1S/C11H14N2S2/c1-9(11-7-15-8-13-11)12-4-2-10-3-5-14-6-10/h3,5-9,12H,2,4H2,1H3. The number of rotatable bonds is 5. The first-order valence-corrected chi connectivity index (χ1v) is 6.87. The molecule has 1 unspecified atom stereocenters. The van der Waals surface area contributed by atoms with Crippen LogP contribution in [-0.4, -0.2) is 11.5 Å². The van der Waals surface area contributed by atoms with E-state index in [0.717, 1.165) is 18.7 Å². The molecule has 2 nitrogen and oxygen atoms in total. The number of hydrogen-bond acceptors (Lipinski definition) is 4. The summed E-state index contributed by atoms with van der Waals surface area (Å²) in [7, 11) is 0. The van der Waals surface area contributed by atoms with Crippen LogP contribution in [0.25, 0.3) is 0 Å². The zero-order valence-corrected chi connectivity index (χ0v) is 10.3. The summed E-state index contributed by atoms with van der Waals surface area (Å²) in [5.41, 5.74) is 4.44. The SMILES string of the molecule is CC(NCCc1ccsc1)c1cscn1. The van der Waals surface area contributed by atoms with E-state index in [0.29, 0.717) is 6.04 Å². The predicted molar refractivity (Wildman–Crippen MR) is 66.6 cm³/mol. The topological polar surface area (TPSA) is 24.9 Å². The summed E-state index contributed by atoms with van der Waals surface area (Å²) in [5.74, 6) is 0. The van der Waals surface area contributed by atoms with Crippen molar-refractivity contribution in [2.45, 2.75) is 19.4 Å². The molecule has 2 aromatic rings. The summed E-state index contributed by atoms with van der Waals surface area (Å²) in [4.78, 5) is 4.29. The fraction of sp³-hybridized carbons (Fsp3) is 0.364. The van der Waals surface area contributed by atoms with Crippen LogP contribution in [0.4, 0.5) is 0 Å². The second-order valence-corrected chi connectivity index (χ2v) is 4.97. The highest BCUT2D eigenvalue weighted by molar-refractivity contribution is 7.08. The first kappa shape index (κ1) is 10.8. The molecule has 15 heavy (non-hydrogen) atoms. The quantitative estimate of drug-likeness (QED) is 0.866. The Balaban J connectivity index is 1.74. The lowest BCUT2D eigenvalue weighted by atomic mass is 10.2. The summed E-state index contributed by atoms with van der Waals surface area (Å²) >= 11 is 3.41. The van der Waals surface area contributed by atoms with E-state index in [-0.39, 0.29) is 0 Å². The minimum absolute atomic E-state index is 0.356. The smallest absolute Gasteiger partial charge is 0.0795 e. The second kappa shape index (κ2) is 5.39. The third-order valence-electron chi connectivity index (χ3n) is 2.34. The molecular formula is C11H14N2S2. The monoisotopic (exact) mass is 238 g/mol. The molecule has 0 saturated carbocycles. The fourth-order valence-corrected chi connectivity index (χ4v) is 2.76. The Bertz CT molecular complexity index is 367. The maximum absolute atomic E-state index is 4.29. The molecule has 0 aliphatic heterocycles. The van der Waals surface area contributed by atoms with Crippen LogP contribution in [0.3, 0.4) is 0 Å². The number of nitrogens with zero attached hydrogens (tertiary/aromatic N) is 1. The van der Waals surface area contributed by atoms with E-state index in [1.165, 1.54) is 5.56 Å². The van der Waals surface area contributed by atoms with Crippen LogP contribution in [0.2, 0.25) is 0 Å². The van der Waals surface area contributed by atoms with Gasteiger partial charge in [-0.15, -0.1) is 11.3 Å². The van der Waals surface area contributed by atoms with Crippen LogP contribution in [0, 0.1) is 0 Å². The van der Waals surface area contributed by atoms with Crippen molar-refractivity contribution < 1.29 is 0 Å². The van der Waals surface area contributed by atoms with E-state index in [1.54, 1.807) is 22.7 Å². The second-order valence-electron chi connectivity index (χ2n) is 3.47. The van der Waals surface area contributed by atoms with Crippen LogP contribution >= 0.6 is 22.7 Å². The average Bonchev–Trinajstić information content (AvgIpc) is 2.90. The Kier molecular flexibility index (Phi) is 3.88. The molecule has 4 heteroatoms. The Morgan fingerprint density at radius 1 is 1.40 bits per heavy atom. The molecule has 0 spiro atoms. The lowest BCUT2D eigenvalue weighted by molar-refractivity contribution is 0.567. The van der Waals surface area contributed by atoms with Gasteiger partial charge in [0.1, 0.15) is 0 Å². The van der Waals surface area contributed by atoms with Crippen LogP contribution in [0.15, 0.2) is 27.7 Å². The normalized spacial score (nSPS) is 12.9. The van der Waals surface area contributed by atoms with Crippen molar-refractivity contribution in [2.75, 3.05) is 6.54 Å². The van der Waals surface area contributed by atoms with Gasteiger partial charge in [0.05, 0.1) is 11.2 Å². The minimum Gasteiger partial charge on any atom is -0.308 e. The summed E-state index contributed by atoms with van der Waals surface area (Å²) in [5, 5.41) is 9.90. The van der Waals surface area contributed by atoms with Gasteiger partial charge in [-0.3, -0.25) is 0 Å². The number of thiophene rings is 1. The molecule has 0 radical (unpaired) electrons. The van der Waals surface area contributed by atoms with E-state index in [1.807, 2.05) is 5.51 Å². The van der Waals surface area contributed by atoms with Crippen LogP contribution in [-0.2, 0) is 6.42 Å². The van der Waals surface area contributed by atoms with Gasteiger partial charge >= 0.3 is 0 Å². The van der Waals surface area contributed by atoms with Gasteiger partial charge in [0.2, 0.25) is 0 Å². The molecule has 0 aromatic carbocycles. The zero-order chi connectivity index (χ0) is 10.5. The van der Waals surface area contributed by atoms with E-state index >= 15 is 0 Å². The van der Waals surface area contributed by atoms with E-state index in [4.69, 9.17) is 0 Å². The molecule has 0 fully saturated rings. The van der Waals surface area contributed by atoms with E-state index in [9.17, 15) is 0 Å². The number of aromatic nitrogens is 1. The minimum atomic E-state index is 0.356. The molecule has 0 amide bonds. The predicted octanol–water partition coefficient (Wildman–Crippen LogP) is 3.10. The van der Waals surface area contributed by atoms with Gasteiger partial charge in [-0.1, -0.05) is 0 Å². The molecule has 0 aliphatic rings. The number of nitrogens with one attached hydrogen (secondary N) is 1. The number of hydrogen-bond donors (Lipinski definition) is 1. The largest absolute Gasteiger partial charge is 0.308 e. The average molecular weight is 238 g/mol. The molecule has 0 saturated heterocycles. The maximum atomic E-state index is 4.29. The van der Waals surface area contributed by atoms with E-state index < -0.39 is 0 Å². The van der Waals surface area contributed by atoms with Crippen molar-refractivity contribution in [3.05, 3.63) is 39.0 Å². The van der Waals surface area contributed by atoms with Gasteiger partial charge in [-0.25, -0.2) is 4.98 Å². The van der Waals surface area contributed by atoms with Gasteiger partial charge in [0, 0.05) is 11.4 Å². The maximum Gasteiger partial charge on any atom is 0.0795 e. The van der Waals surface area contributed by atoms with Crippen molar-refractivity contribution in [3.8, 4) is 0 Å². The van der Waals surface area contributed by atoms with Crippen molar-refractivity contribution in [2.24, 2.45) is 0 Å². The molecular weight excluding hydrogens is 224 g/mol. The highest BCUT2D eigenvalue weighted by Gasteiger charge is 2.05. The first-order chi connectivity index (χ1) is 7.36. The summed E-state index contributed by atoms with van der Waals surface area (Å²) in [6, 6.07) is 2.54. The highest BCUT2D eigenvalue weighted by atomic mass is 32.1. The van der Waals surface area contributed by atoms with Gasteiger partial charge in [0.15, 0.2) is 0 Å². The van der Waals surface area contributed by atoms with Crippen molar-refractivity contribution in [1.29, 1.82) is 0 Å². The van der Waals surface area contributed by atoms with Crippen molar-refractivity contribution in [3.63, 3.8) is 0 Å². The fourth-order valence-electron chi connectivity index (χ4n) is 1.41. The lowest BCUT2D eigenvalue weighted by Gasteiger charge is -2.10. The Morgan fingerprint density at radius 2 is 2.33 bits per heavy atom. The molecule has 80 valence electrons. The van der Waals surface area contributed by atoms with Gasteiger partial charge in [-0.2, -0.15) is 11.3 Å². The van der Waals surface area contributed by atoms with Gasteiger partial charge in [0.25, 0.3) is 0 Å². The third kappa shape index (κ3) is 3.12. The molecule has 0 aliphatic carbocycles. The van der Waals surface area contributed by atoms with Gasteiger partial charge < -0.3 is 5.32 Å². The van der Waals surface area contributed by atoms with Crippen LogP contribution in [0.1, 0.15) is 24.2 Å². The van der Waals surface area contributed by atoms with Crippen LogP contribution < -0.4 is 5.32 Å². The van der Waals surface area contributed by atoms with Crippen molar-refractivity contribution in [1.82, 2.24) is 10.3 Å². The molecule has 2 rings (SSSR count). The van der Waals surface area contributed by atoms with E-state index in [2.05, 4.69) is 39.4 Å². The molecule has 0 bridgehead atoms. The molecule has 1 atom stereocenters. The number of thiazole rings is 1. The third-order valence-corrected chi connectivity index (χ3v) is 3.68. The summed E-state index contributed by atoms with van der Waals surface area (Å²) in [6.45, 7) is 3.16. The van der Waals surface area contributed by atoms with Gasteiger partial charge in [-0.05, 0) is 42.3 Å².